The summed E-state index contributed by atoms with van der Waals surface area (Å²) in [5.74, 6) is -0.936. The van der Waals surface area contributed by atoms with Crippen molar-refractivity contribution in [3.8, 4) is 0 Å². The van der Waals surface area contributed by atoms with Crippen molar-refractivity contribution in [3.05, 3.63) is 59.1 Å². The molecule has 128 valence electrons. The summed E-state index contributed by atoms with van der Waals surface area (Å²) in [7, 11) is 0. The van der Waals surface area contributed by atoms with E-state index in [-0.39, 0.29) is 30.6 Å². The predicted octanol–water partition coefficient (Wildman–Crippen LogP) is 2.81. The Hall–Kier alpha value is -2.86. The van der Waals surface area contributed by atoms with Crippen LogP contribution in [0.25, 0.3) is 0 Å². The van der Waals surface area contributed by atoms with Gasteiger partial charge >= 0.3 is 0 Å². The summed E-state index contributed by atoms with van der Waals surface area (Å²) in [6.45, 7) is 0. The first-order valence-corrected chi connectivity index (χ1v) is 8.17. The highest BCUT2D eigenvalue weighted by Gasteiger charge is 2.27. The summed E-state index contributed by atoms with van der Waals surface area (Å²) in [5, 5.41) is 8.61. The zero-order valence-electron chi connectivity index (χ0n) is 13.2. The normalized spacial score (nSPS) is 16.3. The molecule has 1 aliphatic rings. The summed E-state index contributed by atoms with van der Waals surface area (Å²) >= 11 is 5.87. The number of fused-ring (bicyclic) bond motifs is 1. The number of para-hydroxylation sites is 1. The zero-order chi connectivity index (χ0) is 17.8. The number of benzene rings is 2. The van der Waals surface area contributed by atoms with Gasteiger partial charge in [-0.25, -0.2) is 0 Å². The smallest absolute Gasteiger partial charge is 0.254 e. The Bertz CT molecular complexity index is 838. The molecule has 2 aromatic carbocycles. The van der Waals surface area contributed by atoms with Crippen molar-refractivity contribution in [2.75, 3.05) is 10.6 Å². The van der Waals surface area contributed by atoms with Gasteiger partial charge in [0.25, 0.3) is 5.91 Å². The summed E-state index contributed by atoms with van der Waals surface area (Å²) in [5.41, 5.74) is 1.46. The number of hydrogen-bond acceptors (Lipinski definition) is 3. The number of rotatable bonds is 4. The van der Waals surface area contributed by atoms with Crippen LogP contribution in [0.15, 0.2) is 48.5 Å². The number of anilines is 2. The van der Waals surface area contributed by atoms with Crippen LogP contribution in [0.1, 0.15) is 23.2 Å². The van der Waals surface area contributed by atoms with Gasteiger partial charge in [0.15, 0.2) is 0 Å². The first kappa shape index (κ1) is 17.0. The van der Waals surface area contributed by atoms with Crippen LogP contribution in [-0.4, -0.2) is 23.8 Å². The molecule has 2 aromatic rings. The number of amides is 3. The third kappa shape index (κ3) is 4.16. The van der Waals surface area contributed by atoms with Crippen molar-refractivity contribution in [1.29, 1.82) is 0 Å². The molecule has 25 heavy (non-hydrogen) atoms. The first-order chi connectivity index (χ1) is 12.0. The Morgan fingerprint density at radius 3 is 2.72 bits per heavy atom. The second-order valence-electron chi connectivity index (χ2n) is 5.66. The van der Waals surface area contributed by atoms with E-state index in [0.717, 1.165) is 0 Å². The van der Waals surface area contributed by atoms with Crippen LogP contribution < -0.4 is 16.0 Å². The molecule has 0 aromatic heterocycles. The van der Waals surface area contributed by atoms with Crippen LogP contribution in [-0.2, 0) is 9.59 Å². The number of hydrogen-bond donors (Lipinski definition) is 3. The number of halogens is 1. The Morgan fingerprint density at radius 1 is 1.12 bits per heavy atom. The zero-order valence-corrected chi connectivity index (χ0v) is 14.0. The Labute approximate surface area is 149 Å². The fraction of sp³-hybridized carbons (Fsp3) is 0.167. The van der Waals surface area contributed by atoms with Crippen molar-refractivity contribution in [2.24, 2.45) is 0 Å². The molecular formula is C18H16ClN3O3. The lowest BCUT2D eigenvalue weighted by Gasteiger charge is -2.14. The van der Waals surface area contributed by atoms with E-state index in [4.69, 9.17) is 11.6 Å². The molecule has 1 aliphatic heterocycles. The van der Waals surface area contributed by atoms with Gasteiger partial charge in [0.1, 0.15) is 6.04 Å². The average molecular weight is 358 g/mol. The molecule has 6 nitrogen and oxygen atoms in total. The lowest BCUT2D eigenvalue weighted by atomic mass is 10.1. The van der Waals surface area contributed by atoms with Gasteiger partial charge in [-0.1, -0.05) is 29.8 Å². The van der Waals surface area contributed by atoms with Crippen LogP contribution in [0.2, 0.25) is 5.02 Å². The van der Waals surface area contributed by atoms with Gasteiger partial charge in [-0.2, -0.15) is 0 Å². The van der Waals surface area contributed by atoms with Gasteiger partial charge in [-0.05, 0) is 36.8 Å². The van der Waals surface area contributed by atoms with E-state index in [2.05, 4.69) is 16.0 Å². The van der Waals surface area contributed by atoms with E-state index in [1.807, 2.05) is 0 Å². The van der Waals surface area contributed by atoms with Crippen LogP contribution in [0.5, 0.6) is 0 Å². The molecule has 0 aliphatic carbocycles. The molecule has 1 heterocycles. The summed E-state index contributed by atoms with van der Waals surface area (Å²) in [4.78, 5) is 36.5. The van der Waals surface area contributed by atoms with E-state index in [1.165, 1.54) is 0 Å². The standard InChI is InChI=1S/C18H16ClN3O3/c19-11-4-3-5-12(10-11)20-16(23)9-8-15-18(25)21-14-7-2-1-6-13(14)17(24)22-15/h1-7,10,15H,8-9H2,(H,20,23)(H,21,25)(H,22,24)/t15-/m1/s1. The molecule has 0 bridgehead atoms. The molecule has 1 atom stereocenters. The largest absolute Gasteiger partial charge is 0.340 e. The van der Waals surface area contributed by atoms with Crippen LogP contribution >= 0.6 is 11.6 Å². The minimum atomic E-state index is -0.773. The Kier molecular flexibility index (Phi) is 5.00. The van der Waals surface area contributed by atoms with Crippen molar-refractivity contribution in [1.82, 2.24) is 5.32 Å². The highest BCUT2D eigenvalue weighted by molar-refractivity contribution is 6.30. The summed E-state index contributed by atoms with van der Waals surface area (Å²) in [6.07, 6.45) is 0.277. The lowest BCUT2D eigenvalue weighted by molar-refractivity contribution is -0.118. The Morgan fingerprint density at radius 2 is 1.92 bits per heavy atom. The fourth-order valence-electron chi connectivity index (χ4n) is 2.58. The Balaban J connectivity index is 1.61. The summed E-state index contributed by atoms with van der Waals surface area (Å²) in [6, 6.07) is 12.8. The molecule has 0 radical (unpaired) electrons. The monoisotopic (exact) mass is 357 g/mol. The van der Waals surface area contributed by atoms with Crippen LogP contribution in [0.3, 0.4) is 0 Å². The quantitative estimate of drug-likeness (QED) is 0.786. The van der Waals surface area contributed by atoms with Gasteiger partial charge in [-0.3, -0.25) is 14.4 Å². The van der Waals surface area contributed by atoms with Gasteiger partial charge in [0.05, 0.1) is 11.3 Å². The molecule has 0 spiro atoms. The van der Waals surface area contributed by atoms with E-state index in [0.29, 0.717) is 22.0 Å². The second-order valence-corrected chi connectivity index (χ2v) is 6.09. The van der Waals surface area contributed by atoms with Crippen molar-refractivity contribution in [2.45, 2.75) is 18.9 Å². The molecule has 3 N–H and O–H groups in total. The molecule has 3 rings (SSSR count). The molecule has 0 saturated heterocycles. The summed E-state index contributed by atoms with van der Waals surface area (Å²) < 4.78 is 0. The predicted molar refractivity (Wildman–Crippen MR) is 95.6 cm³/mol. The van der Waals surface area contributed by atoms with Gasteiger partial charge in [-0.15, -0.1) is 0 Å². The highest BCUT2D eigenvalue weighted by atomic mass is 35.5. The average Bonchev–Trinajstić information content (AvgIpc) is 2.70. The molecule has 3 amide bonds. The third-order valence-corrected chi connectivity index (χ3v) is 4.05. The van der Waals surface area contributed by atoms with E-state index >= 15 is 0 Å². The first-order valence-electron chi connectivity index (χ1n) is 7.79. The van der Waals surface area contributed by atoms with Crippen molar-refractivity contribution < 1.29 is 14.4 Å². The van der Waals surface area contributed by atoms with Gasteiger partial charge in [0, 0.05) is 17.1 Å². The maximum atomic E-state index is 12.3. The SMILES string of the molecule is O=C(CC[C@H]1NC(=O)c2ccccc2NC1=O)Nc1cccc(Cl)c1. The minimum absolute atomic E-state index is 0.0845. The highest BCUT2D eigenvalue weighted by Crippen LogP contribution is 2.20. The topological polar surface area (TPSA) is 87.3 Å². The maximum Gasteiger partial charge on any atom is 0.254 e. The van der Waals surface area contributed by atoms with E-state index in [9.17, 15) is 14.4 Å². The fourth-order valence-corrected chi connectivity index (χ4v) is 2.77. The van der Waals surface area contributed by atoms with Gasteiger partial charge in [0.2, 0.25) is 11.8 Å². The number of carbonyl (C=O) groups is 3. The molecular weight excluding hydrogens is 342 g/mol. The molecule has 0 fully saturated rings. The van der Waals surface area contributed by atoms with Gasteiger partial charge < -0.3 is 16.0 Å². The minimum Gasteiger partial charge on any atom is -0.340 e. The molecule has 0 unspecified atom stereocenters. The third-order valence-electron chi connectivity index (χ3n) is 3.82. The van der Waals surface area contributed by atoms with Crippen LogP contribution in [0, 0.1) is 0 Å². The molecule has 0 saturated carbocycles. The maximum absolute atomic E-state index is 12.3. The van der Waals surface area contributed by atoms with Crippen molar-refractivity contribution >= 4 is 40.7 Å². The second kappa shape index (κ2) is 7.36. The van der Waals surface area contributed by atoms with E-state index in [1.54, 1.807) is 48.5 Å². The van der Waals surface area contributed by atoms with Crippen molar-refractivity contribution in [3.63, 3.8) is 0 Å². The number of carbonyl (C=O) groups excluding carboxylic acids is 3. The lowest BCUT2D eigenvalue weighted by Crippen LogP contribution is -2.41. The van der Waals surface area contributed by atoms with Crippen LogP contribution in [0.4, 0.5) is 11.4 Å². The molecule has 7 heteroatoms. The number of nitrogens with one attached hydrogen (secondary N) is 3. The van der Waals surface area contributed by atoms with E-state index < -0.39 is 6.04 Å².